The van der Waals surface area contributed by atoms with Crippen LogP contribution in [0.1, 0.15) is 89.2 Å². The van der Waals surface area contributed by atoms with Crippen molar-refractivity contribution in [3.8, 4) is 0 Å². The van der Waals surface area contributed by atoms with Crippen molar-refractivity contribution >= 4 is 0 Å². The Morgan fingerprint density at radius 1 is 0.844 bits per heavy atom. The monoisotopic (exact) mass is 446 g/mol. The van der Waals surface area contributed by atoms with Crippen LogP contribution in [0, 0.1) is 53.3 Å². The van der Waals surface area contributed by atoms with E-state index in [0.29, 0.717) is 24.2 Å². The molecule has 1 aromatic carbocycles. The Labute approximate surface area is 192 Å². The lowest BCUT2D eigenvalue weighted by Crippen LogP contribution is -2.54. The second-order valence-electron chi connectivity index (χ2n) is 12.5. The van der Waals surface area contributed by atoms with E-state index in [1.165, 1.54) is 56.1 Å². The normalized spacial score (nSPS) is 43.9. The lowest BCUT2D eigenvalue weighted by molar-refractivity contribution is -0.208. The molecule has 0 radical (unpaired) electrons. The minimum atomic E-state index is -4.00. The van der Waals surface area contributed by atoms with E-state index in [1.807, 2.05) is 0 Å². The van der Waals surface area contributed by atoms with Gasteiger partial charge < -0.3 is 0 Å². The predicted molar refractivity (Wildman–Crippen MR) is 124 cm³/mol. The van der Waals surface area contributed by atoms with Gasteiger partial charge in [0.05, 0.1) is 5.92 Å². The molecule has 4 aliphatic rings. The molecule has 6 unspecified atom stereocenters. The third-order valence-corrected chi connectivity index (χ3v) is 11.2. The fraction of sp³-hybridized carbons (Fsp3) is 0.793. The zero-order valence-corrected chi connectivity index (χ0v) is 20.2. The summed E-state index contributed by atoms with van der Waals surface area (Å²) in [7, 11) is 0. The molecule has 1 aromatic rings. The molecular formula is C29H41F3. The lowest BCUT2D eigenvalue weighted by atomic mass is 9.44. The van der Waals surface area contributed by atoms with Crippen molar-refractivity contribution in [2.45, 2.75) is 97.6 Å². The number of fused-ring (bicyclic) bond motifs is 5. The maximum absolute atomic E-state index is 13.4. The van der Waals surface area contributed by atoms with Gasteiger partial charge in [0.1, 0.15) is 0 Å². The summed E-state index contributed by atoms with van der Waals surface area (Å²) in [5.74, 6) is 2.24. The second kappa shape index (κ2) is 8.05. The first-order valence-corrected chi connectivity index (χ1v) is 13.2. The van der Waals surface area contributed by atoms with Crippen LogP contribution in [0.5, 0.6) is 0 Å². The Morgan fingerprint density at radius 2 is 1.53 bits per heavy atom. The molecule has 8 atom stereocenters. The van der Waals surface area contributed by atoms with Gasteiger partial charge in [-0.3, -0.25) is 0 Å². The van der Waals surface area contributed by atoms with Gasteiger partial charge in [-0.1, -0.05) is 43.7 Å². The van der Waals surface area contributed by atoms with E-state index in [-0.39, 0.29) is 11.3 Å². The van der Waals surface area contributed by atoms with Gasteiger partial charge in [0, 0.05) is 0 Å². The maximum Gasteiger partial charge on any atom is 0.391 e. The minimum absolute atomic E-state index is 0.145. The first-order chi connectivity index (χ1) is 15.1. The largest absolute Gasteiger partial charge is 0.391 e. The Morgan fingerprint density at radius 3 is 2.25 bits per heavy atom. The predicted octanol–water partition coefficient (Wildman–Crippen LogP) is 8.77. The summed E-state index contributed by atoms with van der Waals surface area (Å²) in [5, 5.41) is 0. The van der Waals surface area contributed by atoms with E-state index >= 15 is 0 Å². The Hall–Kier alpha value is -0.990. The van der Waals surface area contributed by atoms with Gasteiger partial charge in [0.25, 0.3) is 0 Å². The number of hydrogen-bond acceptors (Lipinski definition) is 0. The summed E-state index contributed by atoms with van der Waals surface area (Å²) in [6.45, 7) is 7.11. The maximum atomic E-state index is 13.4. The van der Waals surface area contributed by atoms with E-state index in [4.69, 9.17) is 0 Å². The quantitative estimate of drug-likeness (QED) is 0.435. The molecule has 32 heavy (non-hydrogen) atoms. The van der Waals surface area contributed by atoms with Crippen LogP contribution < -0.4 is 0 Å². The minimum Gasteiger partial charge on any atom is -0.171 e. The first-order valence-electron chi connectivity index (χ1n) is 13.2. The molecule has 178 valence electrons. The highest BCUT2D eigenvalue weighted by molar-refractivity contribution is 5.21. The summed E-state index contributed by atoms with van der Waals surface area (Å²) in [4.78, 5) is 0. The first kappa shape index (κ1) is 22.8. The Kier molecular flexibility index (Phi) is 5.73. The van der Waals surface area contributed by atoms with Gasteiger partial charge in [-0.2, -0.15) is 13.2 Å². The molecule has 0 amide bonds. The second-order valence-corrected chi connectivity index (χ2v) is 12.5. The van der Waals surface area contributed by atoms with Gasteiger partial charge in [-0.25, -0.2) is 0 Å². The molecule has 4 fully saturated rings. The topological polar surface area (TPSA) is 0 Å². The number of hydrogen-bond donors (Lipinski definition) is 0. The van der Waals surface area contributed by atoms with Gasteiger partial charge in [-0.15, -0.1) is 0 Å². The van der Waals surface area contributed by atoms with Crippen LogP contribution in [0.2, 0.25) is 0 Å². The zero-order valence-electron chi connectivity index (χ0n) is 20.2. The van der Waals surface area contributed by atoms with Crippen LogP contribution in [0.3, 0.4) is 0 Å². The highest BCUT2D eigenvalue weighted by atomic mass is 19.4. The number of rotatable bonds is 3. The molecule has 0 aliphatic heterocycles. The zero-order chi connectivity index (χ0) is 22.7. The molecule has 0 N–H and O–H groups in total. The molecular weight excluding hydrogens is 405 g/mol. The van der Waals surface area contributed by atoms with Crippen molar-refractivity contribution in [1.29, 1.82) is 0 Å². The van der Waals surface area contributed by atoms with Crippen molar-refractivity contribution in [2.24, 2.45) is 46.3 Å². The third kappa shape index (κ3) is 3.74. The molecule has 0 nitrogen and oxygen atoms in total. The lowest BCUT2D eigenvalue weighted by Gasteiger charge is -2.61. The fourth-order valence-electron chi connectivity index (χ4n) is 9.23. The van der Waals surface area contributed by atoms with Crippen LogP contribution in [0.25, 0.3) is 0 Å². The molecule has 3 heteroatoms. The average Bonchev–Trinajstić information content (AvgIpc) is 3.08. The van der Waals surface area contributed by atoms with Crippen molar-refractivity contribution in [1.82, 2.24) is 0 Å². The van der Waals surface area contributed by atoms with Crippen LogP contribution >= 0.6 is 0 Å². The van der Waals surface area contributed by atoms with Gasteiger partial charge in [0.15, 0.2) is 0 Å². The number of aryl methyl sites for hydroxylation is 2. The summed E-state index contributed by atoms with van der Waals surface area (Å²) in [5.41, 5.74) is 3.38. The fourth-order valence-corrected chi connectivity index (χ4v) is 9.23. The number of alkyl halides is 3. The summed E-state index contributed by atoms with van der Waals surface area (Å²) in [6.07, 6.45) is 7.49. The molecule has 0 heterocycles. The highest BCUT2D eigenvalue weighted by Gasteiger charge is 2.61. The van der Waals surface area contributed by atoms with Gasteiger partial charge in [0.2, 0.25) is 0 Å². The SMILES string of the molecule is Cc1ccc(CCC2CCC3C4CCC5C[C@@H](C(F)(F)F)CC[C@]5(C)C4CCC23C)cc1. The van der Waals surface area contributed by atoms with E-state index in [9.17, 15) is 13.2 Å². The molecule has 5 rings (SSSR count). The average molecular weight is 447 g/mol. The molecule has 0 spiro atoms. The third-order valence-electron chi connectivity index (χ3n) is 11.2. The highest BCUT2D eigenvalue weighted by Crippen LogP contribution is 2.68. The smallest absolute Gasteiger partial charge is 0.171 e. The number of benzene rings is 1. The van der Waals surface area contributed by atoms with Gasteiger partial charge in [-0.05, 0) is 124 Å². The summed E-state index contributed by atoms with van der Waals surface area (Å²) < 4.78 is 40.3. The summed E-state index contributed by atoms with van der Waals surface area (Å²) >= 11 is 0. The van der Waals surface area contributed by atoms with Crippen molar-refractivity contribution < 1.29 is 13.2 Å². The molecule has 4 aliphatic carbocycles. The van der Waals surface area contributed by atoms with Crippen molar-refractivity contribution in [2.75, 3.05) is 0 Å². The molecule has 0 saturated heterocycles. The van der Waals surface area contributed by atoms with Crippen LogP contribution in [-0.2, 0) is 6.42 Å². The van der Waals surface area contributed by atoms with E-state index < -0.39 is 12.1 Å². The molecule has 0 aromatic heterocycles. The van der Waals surface area contributed by atoms with Crippen LogP contribution in [-0.4, -0.2) is 6.18 Å². The van der Waals surface area contributed by atoms with Crippen LogP contribution in [0.4, 0.5) is 13.2 Å². The van der Waals surface area contributed by atoms with Crippen LogP contribution in [0.15, 0.2) is 24.3 Å². The number of halogens is 3. The van der Waals surface area contributed by atoms with Gasteiger partial charge >= 0.3 is 6.18 Å². The van der Waals surface area contributed by atoms with E-state index in [0.717, 1.165) is 30.6 Å². The van der Waals surface area contributed by atoms with Crippen molar-refractivity contribution in [3.05, 3.63) is 35.4 Å². The van der Waals surface area contributed by atoms with Crippen molar-refractivity contribution in [3.63, 3.8) is 0 Å². The summed E-state index contributed by atoms with van der Waals surface area (Å²) in [6, 6.07) is 9.04. The molecule has 4 saturated carbocycles. The Bertz CT molecular complexity index is 811. The Balaban J connectivity index is 1.28. The standard InChI is InChI=1S/C29H41F3/c1-19-4-6-20(7-5-19)8-9-21-11-13-25-24-12-10-22-18-23(29(30,31)32)14-16-28(22,3)26(24)15-17-27(21,25)2/h4-7,21-26H,8-18H2,1-3H3/t21?,22?,23-,24?,25?,26?,27?,28-/m0/s1. The van der Waals surface area contributed by atoms with E-state index in [1.54, 1.807) is 0 Å². The molecule has 0 bridgehead atoms. The van der Waals surface area contributed by atoms with E-state index in [2.05, 4.69) is 45.0 Å².